The first kappa shape index (κ1) is 24.8. The molecule has 180 valence electrons. The minimum atomic E-state index is -1.22. The Morgan fingerprint density at radius 1 is 1.18 bits per heavy atom. The van der Waals surface area contributed by atoms with Crippen LogP contribution in [0.5, 0.6) is 0 Å². The molecular formula is C24H28N4O6. The van der Waals surface area contributed by atoms with E-state index < -0.39 is 48.2 Å². The number of nitrogens with zero attached hydrogens (tertiary/aromatic N) is 2. The van der Waals surface area contributed by atoms with Gasteiger partial charge >= 0.3 is 5.97 Å². The molecule has 1 aliphatic heterocycles. The van der Waals surface area contributed by atoms with E-state index >= 15 is 0 Å². The fourth-order valence-electron chi connectivity index (χ4n) is 4.11. The maximum Gasteiger partial charge on any atom is 0.305 e. The maximum atomic E-state index is 13.4. The number of nitrogens with one attached hydrogen (secondary N) is 2. The minimum Gasteiger partial charge on any atom is -0.481 e. The molecule has 1 fully saturated rings. The van der Waals surface area contributed by atoms with Crippen molar-refractivity contribution in [2.75, 3.05) is 6.54 Å². The fourth-order valence-corrected chi connectivity index (χ4v) is 4.11. The Kier molecular flexibility index (Phi) is 7.93. The molecule has 0 radical (unpaired) electrons. The predicted molar refractivity (Wildman–Crippen MR) is 123 cm³/mol. The summed E-state index contributed by atoms with van der Waals surface area (Å²) in [6.45, 7) is 3.90. The largest absolute Gasteiger partial charge is 0.481 e. The molecule has 34 heavy (non-hydrogen) atoms. The highest BCUT2D eigenvalue weighted by Crippen LogP contribution is 2.22. The van der Waals surface area contributed by atoms with Gasteiger partial charge in [0.1, 0.15) is 24.1 Å². The van der Waals surface area contributed by atoms with Crippen LogP contribution < -0.4 is 10.6 Å². The number of hydrogen-bond acceptors (Lipinski definition) is 6. The van der Waals surface area contributed by atoms with Crippen molar-refractivity contribution in [2.45, 2.75) is 51.2 Å². The van der Waals surface area contributed by atoms with Gasteiger partial charge in [-0.25, -0.2) is 0 Å². The van der Waals surface area contributed by atoms with Crippen molar-refractivity contribution in [3.8, 4) is 0 Å². The lowest BCUT2D eigenvalue weighted by Crippen LogP contribution is -2.56. The number of likely N-dealkylation sites (tertiary alicyclic amines) is 1. The summed E-state index contributed by atoms with van der Waals surface area (Å²) in [5.41, 5.74) is 0.203. The van der Waals surface area contributed by atoms with Crippen LogP contribution in [0, 0.1) is 5.92 Å². The van der Waals surface area contributed by atoms with Crippen LogP contribution in [0.3, 0.4) is 0 Å². The number of aromatic nitrogens is 1. The highest BCUT2D eigenvalue weighted by Gasteiger charge is 2.39. The minimum absolute atomic E-state index is 0.203. The number of aldehydes is 1. The van der Waals surface area contributed by atoms with Crippen LogP contribution in [-0.4, -0.2) is 69.6 Å². The van der Waals surface area contributed by atoms with Gasteiger partial charge in [-0.1, -0.05) is 38.1 Å². The van der Waals surface area contributed by atoms with Gasteiger partial charge in [-0.15, -0.1) is 0 Å². The van der Waals surface area contributed by atoms with Gasteiger partial charge in [0.2, 0.25) is 11.8 Å². The third kappa shape index (κ3) is 5.56. The highest BCUT2D eigenvalue weighted by molar-refractivity contribution is 6.06. The Hall–Kier alpha value is -3.82. The van der Waals surface area contributed by atoms with Gasteiger partial charge in [0.05, 0.1) is 12.5 Å². The van der Waals surface area contributed by atoms with Crippen LogP contribution in [0.25, 0.3) is 10.8 Å². The third-order valence-electron chi connectivity index (χ3n) is 5.83. The summed E-state index contributed by atoms with van der Waals surface area (Å²) >= 11 is 0. The lowest BCUT2D eigenvalue weighted by Gasteiger charge is -2.31. The van der Waals surface area contributed by atoms with Crippen LogP contribution in [0.15, 0.2) is 36.5 Å². The van der Waals surface area contributed by atoms with E-state index in [0.717, 1.165) is 5.39 Å². The lowest BCUT2D eigenvalue weighted by atomic mass is 10.0. The molecule has 0 bridgehead atoms. The first-order valence-electron chi connectivity index (χ1n) is 11.2. The zero-order valence-corrected chi connectivity index (χ0v) is 19.1. The number of carbonyl (C=O) groups excluding carboxylic acids is 4. The van der Waals surface area contributed by atoms with E-state index in [9.17, 15) is 24.0 Å². The molecule has 0 saturated carbocycles. The molecule has 0 spiro atoms. The Labute approximate surface area is 196 Å². The molecule has 10 heteroatoms. The standard InChI is InChI=1S/C24H28N4O6/c1-14(2)20(27-23(33)21-17-7-4-3-6-15(17)9-10-25-21)24(34)28-11-5-8-18(28)22(32)26-16(13-29)12-19(30)31/h3-4,6-7,9-10,13-14,16,18,20H,5,8,11-12H2,1-2H3,(H,26,32)(H,27,33)(H,30,31)/t16-,18-,20-/m0/s1. The topological polar surface area (TPSA) is 146 Å². The summed E-state index contributed by atoms with van der Waals surface area (Å²) in [7, 11) is 0. The molecule has 3 N–H and O–H groups in total. The van der Waals surface area contributed by atoms with Crippen LogP contribution in [0.1, 0.15) is 43.6 Å². The number of rotatable bonds is 9. The van der Waals surface area contributed by atoms with Gasteiger partial charge in [0.15, 0.2) is 0 Å². The van der Waals surface area contributed by atoms with Gasteiger partial charge in [0.25, 0.3) is 5.91 Å². The number of aliphatic carboxylic acids is 1. The Bertz CT molecular complexity index is 1100. The molecule has 1 aromatic heterocycles. The number of carboxylic acids is 1. The molecule has 10 nitrogen and oxygen atoms in total. The predicted octanol–water partition coefficient (Wildman–Crippen LogP) is 1.14. The Balaban J connectivity index is 1.76. The third-order valence-corrected chi connectivity index (χ3v) is 5.83. The van der Waals surface area contributed by atoms with Crippen molar-refractivity contribution < 1.29 is 29.1 Å². The quantitative estimate of drug-likeness (QED) is 0.468. The zero-order valence-electron chi connectivity index (χ0n) is 19.1. The number of carbonyl (C=O) groups is 5. The molecule has 0 unspecified atom stereocenters. The number of fused-ring (bicyclic) bond motifs is 1. The summed E-state index contributed by atoms with van der Waals surface area (Å²) in [5, 5.41) is 15.6. The molecule has 3 rings (SSSR count). The van der Waals surface area contributed by atoms with Crippen molar-refractivity contribution >= 4 is 40.7 Å². The number of pyridine rings is 1. The lowest BCUT2D eigenvalue weighted by molar-refractivity contribution is -0.142. The summed E-state index contributed by atoms with van der Waals surface area (Å²) in [6, 6.07) is 6.17. The normalized spacial score (nSPS) is 17.3. The van der Waals surface area contributed by atoms with Crippen molar-refractivity contribution in [3.63, 3.8) is 0 Å². The van der Waals surface area contributed by atoms with E-state index in [1.54, 1.807) is 32.0 Å². The second kappa shape index (κ2) is 10.9. The summed E-state index contributed by atoms with van der Waals surface area (Å²) in [6.07, 6.45) is 2.29. The molecule has 1 aromatic carbocycles. The number of amides is 3. The van der Waals surface area contributed by atoms with Crippen LogP contribution in [0.2, 0.25) is 0 Å². The summed E-state index contributed by atoms with van der Waals surface area (Å²) in [4.78, 5) is 66.9. The average molecular weight is 469 g/mol. The second-order valence-electron chi connectivity index (χ2n) is 8.61. The van der Waals surface area contributed by atoms with Crippen LogP contribution in [0.4, 0.5) is 0 Å². The highest BCUT2D eigenvalue weighted by atomic mass is 16.4. The number of hydrogen-bond donors (Lipinski definition) is 3. The Morgan fingerprint density at radius 3 is 2.59 bits per heavy atom. The molecule has 3 atom stereocenters. The van der Waals surface area contributed by atoms with Crippen molar-refractivity contribution in [1.82, 2.24) is 20.5 Å². The molecule has 1 aliphatic rings. The summed E-state index contributed by atoms with van der Waals surface area (Å²) < 4.78 is 0. The van der Waals surface area contributed by atoms with Crippen LogP contribution >= 0.6 is 0 Å². The molecule has 2 heterocycles. The van der Waals surface area contributed by atoms with Gasteiger partial charge in [-0.3, -0.25) is 24.2 Å². The first-order valence-corrected chi connectivity index (χ1v) is 11.2. The fraction of sp³-hybridized carbons (Fsp3) is 0.417. The maximum absolute atomic E-state index is 13.4. The number of benzene rings is 1. The van der Waals surface area contributed by atoms with E-state index in [2.05, 4.69) is 15.6 Å². The van der Waals surface area contributed by atoms with Gasteiger partial charge in [-0.05, 0) is 30.2 Å². The van der Waals surface area contributed by atoms with Crippen molar-refractivity contribution in [1.29, 1.82) is 0 Å². The Morgan fingerprint density at radius 2 is 1.91 bits per heavy atom. The monoisotopic (exact) mass is 468 g/mol. The van der Waals surface area contributed by atoms with Crippen molar-refractivity contribution in [2.24, 2.45) is 5.92 Å². The van der Waals surface area contributed by atoms with Gasteiger partial charge < -0.3 is 25.4 Å². The van der Waals surface area contributed by atoms with E-state index in [1.807, 2.05) is 12.1 Å². The molecule has 2 aromatic rings. The molecular weight excluding hydrogens is 440 g/mol. The van der Waals surface area contributed by atoms with E-state index in [0.29, 0.717) is 31.1 Å². The SMILES string of the molecule is CC(C)[C@H](NC(=O)c1nccc2ccccc12)C(=O)N1CCC[C@H]1C(=O)N[C@H](C=O)CC(=O)O. The van der Waals surface area contributed by atoms with Crippen molar-refractivity contribution in [3.05, 3.63) is 42.2 Å². The van der Waals surface area contributed by atoms with Gasteiger partial charge in [0, 0.05) is 18.1 Å². The average Bonchev–Trinajstić information content (AvgIpc) is 3.30. The van der Waals surface area contributed by atoms with E-state index in [-0.39, 0.29) is 11.6 Å². The van der Waals surface area contributed by atoms with E-state index in [4.69, 9.17) is 5.11 Å². The van der Waals surface area contributed by atoms with E-state index in [1.165, 1.54) is 11.1 Å². The van der Waals surface area contributed by atoms with Gasteiger partial charge in [-0.2, -0.15) is 0 Å². The summed E-state index contributed by atoms with van der Waals surface area (Å²) in [5.74, 6) is -2.99. The molecule has 3 amide bonds. The molecule has 1 saturated heterocycles. The second-order valence-corrected chi connectivity index (χ2v) is 8.61. The zero-order chi connectivity index (χ0) is 24.8. The smallest absolute Gasteiger partial charge is 0.305 e. The van der Waals surface area contributed by atoms with Crippen LogP contribution in [-0.2, 0) is 19.2 Å². The number of carboxylic acid groups (broad SMARTS) is 1. The molecule has 0 aliphatic carbocycles. The first-order chi connectivity index (χ1) is 16.2.